The SMILES string of the molecule is COc1ccc(S(=O)(=O)c2csc3c2NC(=O)CC3c2ccc(OC)cc2OC)cc1. The maximum absolute atomic E-state index is 13.3. The highest BCUT2D eigenvalue weighted by Gasteiger charge is 2.35. The molecular weight excluding hydrogens is 438 g/mol. The lowest BCUT2D eigenvalue weighted by Crippen LogP contribution is -2.23. The van der Waals surface area contributed by atoms with Gasteiger partial charge >= 0.3 is 0 Å². The monoisotopic (exact) mass is 459 g/mol. The topological polar surface area (TPSA) is 90.9 Å². The summed E-state index contributed by atoms with van der Waals surface area (Å²) >= 11 is 1.31. The largest absolute Gasteiger partial charge is 0.497 e. The molecule has 1 unspecified atom stereocenters. The molecule has 9 heteroatoms. The van der Waals surface area contributed by atoms with Crippen LogP contribution in [0.3, 0.4) is 0 Å². The van der Waals surface area contributed by atoms with Crippen molar-refractivity contribution in [1.82, 2.24) is 0 Å². The van der Waals surface area contributed by atoms with Gasteiger partial charge in [-0.3, -0.25) is 4.79 Å². The number of ether oxygens (including phenoxy) is 3. The van der Waals surface area contributed by atoms with E-state index in [1.165, 1.54) is 30.6 Å². The molecule has 4 rings (SSSR count). The van der Waals surface area contributed by atoms with Gasteiger partial charge in [0.05, 0.1) is 31.9 Å². The Kier molecular flexibility index (Phi) is 5.63. The molecule has 0 fully saturated rings. The lowest BCUT2D eigenvalue weighted by Gasteiger charge is -2.25. The number of nitrogens with one attached hydrogen (secondary N) is 1. The lowest BCUT2D eigenvalue weighted by molar-refractivity contribution is -0.116. The third-order valence-electron chi connectivity index (χ3n) is 5.23. The predicted octanol–water partition coefficient (Wildman–Crippen LogP) is 4.08. The summed E-state index contributed by atoms with van der Waals surface area (Å²) < 4.78 is 42.5. The summed E-state index contributed by atoms with van der Waals surface area (Å²) in [5.74, 6) is 1.20. The first-order chi connectivity index (χ1) is 14.9. The van der Waals surface area contributed by atoms with E-state index in [1.54, 1.807) is 43.9 Å². The highest BCUT2D eigenvalue weighted by molar-refractivity contribution is 7.91. The van der Waals surface area contributed by atoms with Crippen LogP contribution in [-0.2, 0) is 14.6 Å². The predicted molar refractivity (Wildman–Crippen MR) is 117 cm³/mol. The molecule has 1 aliphatic heterocycles. The number of benzene rings is 2. The van der Waals surface area contributed by atoms with Crippen LogP contribution in [0, 0.1) is 0 Å². The van der Waals surface area contributed by atoms with Gasteiger partial charge < -0.3 is 19.5 Å². The van der Waals surface area contributed by atoms with Gasteiger partial charge in [-0.1, -0.05) is 6.07 Å². The molecule has 1 aromatic heterocycles. The van der Waals surface area contributed by atoms with Gasteiger partial charge in [-0.2, -0.15) is 0 Å². The highest BCUT2D eigenvalue weighted by atomic mass is 32.2. The normalized spacial score (nSPS) is 15.7. The van der Waals surface area contributed by atoms with Crippen LogP contribution in [0.2, 0.25) is 0 Å². The maximum Gasteiger partial charge on any atom is 0.225 e. The molecule has 1 atom stereocenters. The van der Waals surface area contributed by atoms with Crippen LogP contribution in [0.1, 0.15) is 22.8 Å². The van der Waals surface area contributed by atoms with E-state index in [9.17, 15) is 13.2 Å². The van der Waals surface area contributed by atoms with Crippen LogP contribution in [0.4, 0.5) is 5.69 Å². The fourth-order valence-corrected chi connectivity index (χ4v) is 6.54. The van der Waals surface area contributed by atoms with Gasteiger partial charge in [0.15, 0.2) is 0 Å². The number of hydrogen-bond acceptors (Lipinski definition) is 7. The van der Waals surface area contributed by atoms with E-state index in [0.29, 0.717) is 22.9 Å². The highest BCUT2D eigenvalue weighted by Crippen LogP contribution is 2.48. The number of anilines is 1. The Labute approximate surface area is 184 Å². The van der Waals surface area contributed by atoms with Gasteiger partial charge in [-0.05, 0) is 30.3 Å². The molecule has 162 valence electrons. The molecule has 1 N–H and O–H groups in total. The fourth-order valence-electron chi connectivity index (χ4n) is 3.64. The Hall–Kier alpha value is -3.04. The molecule has 0 bridgehead atoms. The first-order valence-corrected chi connectivity index (χ1v) is 11.8. The Bertz CT molecular complexity index is 1230. The fraction of sp³-hybridized carbons (Fsp3) is 0.227. The number of thiophene rings is 1. The minimum absolute atomic E-state index is 0.0863. The van der Waals surface area contributed by atoms with Crippen molar-refractivity contribution in [2.24, 2.45) is 0 Å². The van der Waals surface area contributed by atoms with Crippen molar-refractivity contribution in [2.45, 2.75) is 22.1 Å². The minimum Gasteiger partial charge on any atom is -0.497 e. The van der Waals surface area contributed by atoms with Crippen molar-refractivity contribution in [3.8, 4) is 17.2 Å². The smallest absolute Gasteiger partial charge is 0.225 e. The third kappa shape index (κ3) is 3.75. The molecule has 3 aromatic rings. The summed E-state index contributed by atoms with van der Waals surface area (Å²) in [4.78, 5) is 13.5. The number of sulfone groups is 1. The molecule has 1 aliphatic rings. The quantitative estimate of drug-likeness (QED) is 0.597. The number of hydrogen-bond donors (Lipinski definition) is 1. The number of carbonyl (C=O) groups excluding carboxylic acids is 1. The molecule has 31 heavy (non-hydrogen) atoms. The number of fused-ring (bicyclic) bond motifs is 1. The standard InChI is InChI=1S/C22H21NO6S2/c1-27-13-4-7-15(8-5-13)31(25,26)19-12-30-22-17(11-20(24)23-21(19)22)16-9-6-14(28-2)10-18(16)29-3/h4-10,12,17H,11H2,1-3H3,(H,23,24). The molecule has 2 aromatic carbocycles. The summed E-state index contributed by atoms with van der Waals surface area (Å²) in [5, 5.41) is 4.35. The Balaban J connectivity index is 1.80. The van der Waals surface area contributed by atoms with Gasteiger partial charge in [0.1, 0.15) is 22.1 Å². The van der Waals surface area contributed by atoms with Crippen LogP contribution in [0.5, 0.6) is 17.2 Å². The zero-order chi connectivity index (χ0) is 22.2. The Morgan fingerprint density at radius 3 is 2.29 bits per heavy atom. The van der Waals surface area contributed by atoms with E-state index in [1.807, 2.05) is 6.07 Å². The van der Waals surface area contributed by atoms with Gasteiger partial charge in [0.25, 0.3) is 0 Å². The van der Waals surface area contributed by atoms with Gasteiger partial charge in [-0.15, -0.1) is 11.3 Å². The van der Waals surface area contributed by atoms with Crippen LogP contribution in [0.15, 0.2) is 57.6 Å². The average molecular weight is 460 g/mol. The van der Waals surface area contributed by atoms with E-state index < -0.39 is 9.84 Å². The summed E-state index contributed by atoms with van der Waals surface area (Å²) in [5.41, 5.74) is 1.13. The van der Waals surface area contributed by atoms with Crippen molar-refractivity contribution in [2.75, 3.05) is 26.6 Å². The van der Waals surface area contributed by atoms with Crippen molar-refractivity contribution < 1.29 is 27.4 Å². The second-order valence-electron chi connectivity index (χ2n) is 6.93. The van der Waals surface area contributed by atoms with Crippen LogP contribution in [-0.4, -0.2) is 35.7 Å². The molecule has 1 amide bonds. The molecular formula is C22H21NO6S2. The van der Waals surface area contributed by atoms with E-state index in [4.69, 9.17) is 14.2 Å². The zero-order valence-electron chi connectivity index (χ0n) is 17.2. The molecule has 0 saturated carbocycles. The molecule has 0 radical (unpaired) electrons. The van der Waals surface area contributed by atoms with Crippen LogP contribution in [0.25, 0.3) is 0 Å². The zero-order valence-corrected chi connectivity index (χ0v) is 18.8. The Morgan fingerprint density at radius 1 is 0.968 bits per heavy atom. The number of carbonyl (C=O) groups is 1. The lowest BCUT2D eigenvalue weighted by atomic mass is 9.90. The van der Waals surface area contributed by atoms with Crippen molar-refractivity contribution in [1.29, 1.82) is 0 Å². The summed E-state index contributed by atoms with van der Waals surface area (Å²) in [6.07, 6.45) is 0.193. The van der Waals surface area contributed by atoms with Gasteiger partial charge in [0, 0.05) is 34.2 Å². The van der Waals surface area contributed by atoms with Crippen molar-refractivity contribution >= 4 is 32.8 Å². The van der Waals surface area contributed by atoms with Crippen molar-refractivity contribution in [3.05, 3.63) is 58.3 Å². The Morgan fingerprint density at radius 2 is 1.65 bits per heavy atom. The van der Waals surface area contributed by atoms with Crippen LogP contribution < -0.4 is 19.5 Å². The van der Waals surface area contributed by atoms with Crippen molar-refractivity contribution in [3.63, 3.8) is 0 Å². The maximum atomic E-state index is 13.3. The summed E-state index contributed by atoms with van der Waals surface area (Å²) in [6, 6.07) is 11.6. The molecule has 7 nitrogen and oxygen atoms in total. The van der Waals surface area contributed by atoms with Gasteiger partial charge in [0.2, 0.25) is 15.7 Å². The molecule has 2 heterocycles. The number of rotatable bonds is 6. The molecule has 0 saturated heterocycles. The minimum atomic E-state index is -3.83. The number of methoxy groups -OCH3 is 3. The second kappa shape index (κ2) is 8.24. The molecule has 0 spiro atoms. The van der Waals surface area contributed by atoms with E-state index in [2.05, 4.69) is 5.32 Å². The third-order valence-corrected chi connectivity index (χ3v) is 8.27. The van der Waals surface area contributed by atoms with E-state index in [-0.39, 0.29) is 28.0 Å². The molecule has 0 aliphatic carbocycles. The second-order valence-corrected chi connectivity index (χ2v) is 9.76. The average Bonchev–Trinajstić information content (AvgIpc) is 3.22. The summed E-state index contributed by atoms with van der Waals surface area (Å²) in [6.45, 7) is 0. The first kappa shape index (κ1) is 21.2. The number of amides is 1. The van der Waals surface area contributed by atoms with Gasteiger partial charge in [-0.25, -0.2) is 8.42 Å². The first-order valence-electron chi connectivity index (χ1n) is 9.41. The van der Waals surface area contributed by atoms with Crippen LogP contribution >= 0.6 is 11.3 Å². The summed E-state index contributed by atoms with van der Waals surface area (Å²) in [7, 11) is 0.804. The van der Waals surface area contributed by atoms with E-state index in [0.717, 1.165) is 10.4 Å². The van der Waals surface area contributed by atoms with E-state index >= 15 is 0 Å².